The maximum atomic E-state index is 15.6. The Morgan fingerprint density at radius 1 is 1.12 bits per heavy atom. The summed E-state index contributed by atoms with van der Waals surface area (Å²) in [5, 5.41) is 13.2. The average Bonchev–Trinajstić information content (AvgIpc) is 3.34. The van der Waals surface area contributed by atoms with E-state index in [1.54, 1.807) is 6.20 Å². The molecule has 7 nitrogen and oxygen atoms in total. The predicted molar refractivity (Wildman–Crippen MR) is 124 cm³/mol. The zero-order chi connectivity index (χ0) is 23.4. The van der Waals surface area contributed by atoms with E-state index in [1.807, 2.05) is 0 Å². The van der Waals surface area contributed by atoms with Gasteiger partial charge in [0.25, 0.3) is 0 Å². The van der Waals surface area contributed by atoms with E-state index in [1.165, 1.54) is 38.5 Å². The Morgan fingerprint density at radius 3 is 2.59 bits per heavy atom. The van der Waals surface area contributed by atoms with E-state index in [9.17, 15) is 14.7 Å². The van der Waals surface area contributed by atoms with Crippen LogP contribution < -0.4 is 5.32 Å². The molecule has 6 rings (SSSR count). The second-order valence-electron chi connectivity index (χ2n) is 11.5. The number of hydrogen-bond acceptors (Lipinski definition) is 6. The fourth-order valence-corrected chi connectivity index (χ4v) is 8.08. The van der Waals surface area contributed by atoms with E-state index in [-0.39, 0.29) is 30.2 Å². The third-order valence-electron chi connectivity index (χ3n) is 9.72. The van der Waals surface area contributed by atoms with E-state index in [2.05, 4.69) is 15.1 Å². The van der Waals surface area contributed by atoms with Gasteiger partial charge in [0.1, 0.15) is 11.7 Å². The second kappa shape index (κ2) is 9.17. The lowest BCUT2D eigenvalue weighted by Crippen LogP contribution is -2.73. The molecular formula is C26H38FN3O4. The van der Waals surface area contributed by atoms with Crippen LogP contribution in [0.25, 0.3) is 0 Å². The molecule has 5 fully saturated rings. The van der Waals surface area contributed by atoms with Gasteiger partial charge in [0.05, 0.1) is 30.3 Å². The van der Waals surface area contributed by atoms with Crippen molar-refractivity contribution in [1.29, 1.82) is 0 Å². The summed E-state index contributed by atoms with van der Waals surface area (Å²) >= 11 is 0. The van der Waals surface area contributed by atoms with Crippen molar-refractivity contribution < 1.29 is 23.8 Å². The molecule has 0 aromatic heterocycles. The average molecular weight is 476 g/mol. The predicted octanol–water partition coefficient (Wildman–Crippen LogP) is 2.36. The number of carbonyl (C=O) groups is 2. The number of nitrogens with one attached hydrogen (secondary N) is 1. The Balaban J connectivity index is 1.28. The lowest BCUT2D eigenvalue weighted by molar-refractivity contribution is -0.208. The monoisotopic (exact) mass is 475 g/mol. The molecule has 34 heavy (non-hydrogen) atoms. The minimum atomic E-state index is -1.23. The minimum Gasteiger partial charge on any atom is -0.478 e. The molecular weight excluding hydrogens is 437 g/mol. The van der Waals surface area contributed by atoms with Crippen LogP contribution in [0.1, 0.15) is 57.8 Å². The van der Waals surface area contributed by atoms with E-state index in [0.29, 0.717) is 18.4 Å². The molecule has 3 aliphatic carbocycles. The van der Waals surface area contributed by atoms with Crippen molar-refractivity contribution in [1.82, 2.24) is 15.1 Å². The van der Waals surface area contributed by atoms with Crippen LogP contribution in [0.15, 0.2) is 11.8 Å². The Morgan fingerprint density at radius 2 is 1.85 bits per heavy atom. The van der Waals surface area contributed by atoms with Gasteiger partial charge in [0.2, 0.25) is 0 Å². The smallest absolute Gasteiger partial charge is 0.340 e. The molecule has 8 heteroatoms. The third kappa shape index (κ3) is 3.90. The SMILES string of the molecule is O=C(O)C1=CN2C3CC4CCCCC4CC3OC3C(NCCN4CCCC4)C(F)CC(C1=O)C32. The van der Waals surface area contributed by atoms with E-state index in [0.717, 1.165) is 32.5 Å². The molecule has 0 radical (unpaired) electrons. The normalized spacial score (nSPS) is 44.1. The molecule has 0 spiro atoms. The summed E-state index contributed by atoms with van der Waals surface area (Å²) in [6.07, 6.45) is 9.33. The highest BCUT2D eigenvalue weighted by Gasteiger charge is 2.59. The second-order valence-corrected chi connectivity index (χ2v) is 11.5. The van der Waals surface area contributed by atoms with Crippen molar-refractivity contribution in [3.63, 3.8) is 0 Å². The number of carbonyl (C=O) groups excluding carboxylic acids is 1. The van der Waals surface area contributed by atoms with E-state index < -0.39 is 36.0 Å². The Labute approximate surface area is 201 Å². The molecule has 2 saturated heterocycles. The molecule has 9 unspecified atom stereocenters. The van der Waals surface area contributed by atoms with Gasteiger partial charge in [-0.25, -0.2) is 9.18 Å². The van der Waals surface area contributed by atoms with Crippen LogP contribution in [0.3, 0.4) is 0 Å². The van der Waals surface area contributed by atoms with E-state index >= 15 is 4.39 Å². The maximum absolute atomic E-state index is 15.6. The number of rotatable bonds is 5. The summed E-state index contributed by atoms with van der Waals surface area (Å²) in [4.78, 5) is 29.6. The van der Waals surface area contributed by atoms with Crippen LogP contribution in [-0.2, 0) is 14.3 Å². The van der Waals surface area contributed by atoms with Crippen LogP contribution in [0.4, 0.5) is 4.39 Å². The Hall–Kier alpha value is -1.51. The van der Waals surface area contributed by atoms with Gasteiger partial charge in [0.15, 0.2) is 5.78 Å². The largest absolute Gasteiger partial charge is 0.478 e. The van der Waals surface area contributed by atoms with Gasteiger partial charge >= 0.3 is 5.97 Å². The number of Topliss-reactive ketones (excluding diaryl/α,β-unsaturated/α-hetero) is 1. The van der Waals surface area contributed by atoms with Crippen LogP contribution in [0.5, 0.6) is 0 Å². The molecule has 3 heterocycles. The Kier molecular flexibility index (Phi) is 6.18. The summed E-state index contributed by atoms with van der Waals surface area (Å²) < 4.78 is 22.4. The molecule has 3 saturated carbocycles. The number of morpholine rings is 1. The summed E-state index contributed by atoms with van der Waals surface area (Å²) in [5.74, 6) is -0.999. The first-order chi connectivity index (χ1) is 16.5. The lowest BCUT2D eigenvalue weighted by atomic mass is 9.65. The molecule has 0 bridgehead atoms. The van der Waals surface area contributed by atoms with Crippen LogP contribution in [0, 0.1) is 17.8 Å². The van der Waals surface area contributed by atoms with Gasteiger partial charge in [-0.2, -0.15) is 0 Å². The first-order valence-corrected chi connectivity index (χ1v) is 13.5. The summed E-state index contributed by atoms with van der Waals surface area (Å²) in [6, 6.07) is -0.677. The highest BCUT2D eigenvalue weighted by atomic mass is 19.1. The first-order valence-electron chi connectivity index (χ1n) is 13.5. The number of likely N-dealkylation sites (tertiary alicyclic amines) is 1. The number of ketones is 1. The topological polar surface area (TPSA) is 82.1 Å². The number of halogens is 1. The van der Waals surface area contributed by atoms with Crippen molar-refractivity contribution in [2.45, 2.75) is 94.3 Å². The molecule has 9 atom stereocenters. The summed E-state index contributed by atoms with van der Waals surface area (Å²) in [7, 11) is 0. The summed E-state index contributed by atoms with van der Waals surface area (Å²) in [5.41, 5.74) is -0.181. The van der Waals surface area contributed by atoms with E-state index in [4.69, 9.17) is 4.74 Å². The van der Waals surface area contributed by atoms with Crippen molar-refractivity contribution in [2.75, 3.05) is 26.2 Å². The Bertz CT molecular complexity index is 846. The molecule has 0 aromatic rings. The molecule has 0 amide bonds. The van der Waals surface area contributed by atoms with Gasteiger partial charge in [-0.3, -0.25) is 4.79 Å². The van der Waals surface area contributed by atoms with Crippen LogP contribution in [-0.4, -0.2) is 89.3 Å². The quantitative estimate of drug-likeness (QED) is 0.591. The number of carboxylic acid groups (broad SMARTS) is 1. The zero-order valence-corrected chi connectivity index (χ0v) is 19.9. The minimum absolute atomic E-state index is 0.0334. The fraction of sp³-hybridized carbons (Fsp3) is 0.846. The molecule has 2 N–H and O–H groups in total. The van der Waals surface area contributed by atoms with Gasteiger partial charge in [-0.05, 0) is 57.0 Å². The number of hydrogen-bond donors (Lipinski definition) is 2. The van der Waals surface area contributed by atoms with Crippen molar-refractivity contribution in [3.8, 4) is 0 Å². The van der Waals surface area contributed by atoms with Crippen LogP contribution >= 0.6 is 0 Å². The number of fused-ring (bicyclic) bond motifs is 3. The van der Waals surface area contributed by atoms with Gasteiger partial charge in [-0.15, -0.1) is 0 Å². The molecule has 188 valence electrons. The highest BCUT2D eigenvalue weighted by Crippen LogP contribution is 2.50. The summed E-state index contributed by atoms with van der Waals surface area (Å²) in [6.45, 7) is 3.80. The number of alkyl halides is 1. The standard InChI is InChI=1S/C26H38FN3O4/c27-19-13-17-23-25(22(19)28-7-10-29-8-3-4-9-29)34-21-12-16-6-2-1-5-15(16)11-20(21)30(23)14-18(24(17)31)26(32)33/h14-17,19-23,25,28H,1-13H2,(H,32,33). The highest BCUT2D eigenvalue weighted by molar-refractivity contribution is 6.18. The van der Waals surface area contributed by atoms with Crippen molar-refractivity contribution >= 4 is 11.8 Å². The van der Waals surface area contributed by atoms with Crippen LogP contribution in [0.2, 0.25) is 0 Å². The van der Waals surface area contributed by atoms with Crippen molar-refractivity contribution in [3.05, 3.63) is 11.8 Å². The van der Waals surface area contributed by atoms with Crippen molar-refractivity contribution in [2.24, 2.45) is 17.8 Å². The maximum Gasteiger partial charge on any atom is 0.340 e. The fourth-order valence-electron chi connectivity index (χ4n) is 8.08. The first kappa shape index (κ1) is 22.9. The number of carboxylic acids is 1. The number of aliphatic carboxylic acids is 1. The van der Waals surface area contributed by atoms with Gasteiger partial charge in [-0.1, -0.05) is 25.7 Å². The molecule has 3 aliphatic heterocycles. The third-order valence-corrected chi connectivity index (χ3v) is 9.72. The zero-order valence-electron chi connectivity index (χ0n) is 19.9. The molecule has 6 aliphatic rings. The lowest BCUT2D eigenvalue weighted by Gasteiger charge is -2.60. The molecule has 0 aromatic carbocycles. The number of ether oxygens (including phenoxy) is 1. The van der Waals surface area contributed by atoms with Gasteiger partial charge < -0.3 is 25.0 Å². The number of nitrogens with zero attached hydrogens (tertiary/aromatic N) is 2. The van der Waals surface area contributed by atoms with Gasteiger partial charge in [0, 0.05) is 25.2 Å².